The lowest BCUT2D eigenvalue weighted by molar-refractivity contribution is -0.129. The van der Waals surface area contributed by atoms with Gasteiger partial charge in [-0.1, -0.05) is 0 Å². The Morgan fingerprint density at radius 1 is 1.85 bits per heavy atom. The zero-order chi connectivity index (χ0) is 9.52. The van der Waals surface area contributed by atoms with Gasteiger partial charge in [-0.2, -0.15) is 5.26 Å². The van der Waals surface area contributed by atoms with Crippen molar-refractivity contribution in [2.75, 3.05) is 6.61 Å². The molecule has 0 aromatic carbocycles. The van der Waals surface area contributed by atoms with E-state index in [1.54, 1.807) is 5.51 Å². The molecule has 1 unspecified atom stereocenters. The van der Waals surface area contributed by atoms with Crippen molar-refractivity contribution in [1.29, 1.82) is 5.26 Å². The fraction of sp³-hybridized carbons (Fsp3) is 0.375. The molecule has 0 amide bonds. The number of hydrogen-bond acceptors (Lipinski definition) is 5. The molecule has 13 heavy (non-hydrogen) atoms. The fourth-order valence-electron chi connectivity index (χ4n) is 0.938. The minimum absolute atomic E-state index is 0.0959. The number of hydrogen-bond donors (Lipinski definition) is 0. The van der Waals surface area contributed by atoms with Crippen LogP contribution in [-0.2, 0) is 9.53 Å². The minimum Gasteiger partial charge on any atom is -0.467 e. The highest BCUT2D eigenvalue weighted by molar-refractivity contribution is 7.07. The molecule has 1 atom stereocenters. The molecule has 0 N–H and O–H groups in total. The summed E-state index contributed by atoms with van der Waals surface area (Å²) in [6.45, 7) is 0.609. The van der Waals surface area contributed by atoms with Gasteiger partial charge in [-0.05, 0) is 0 Å². The highest BCUT2D eigenvalue weighted by Gasteiger charge is 2.13. The summed E-state index contributed by atoms with van der Waals surface area (Å²) in [4.78, 5) is 14.0. The van der Waals surface area contributed by atoms with Gasteiger partial charge in [0.15, 0.2) is 0 Å². The Morgan fingerprint density at radius 3 is 3.23 bits per heavy atom. The maximum Gasteiger partial charge on any atom is 0.293 e. The molecule has 4 nitrogen and oxygen atoms in total. The van der Waals surface area contributed by atoms with Crippen molar-refractivity contribution in [2.45, 2.75) is 12.3 Å². The van der Waals surface area contributed by atoms with E-state index in [0.717, 1.165) is 5.69 Å². The molecule has 0 saturated heterocycles. The van der Waals surface area contributed by atoms with Crippen LogP contribution in [0.3, 0.4) is 0 Å². The van der Waals surface area contributed by atoms with Crippen molar-refractivity contribution in [1.82, 2.24) is 4.98 Å². The van der Waals surface area contributed by atoms with E-state index in [9.17, 15) is 4.79 Å². The van der Waals surface area contributed by atoms with Crippen LogP contribution < -0.4 is 0 Å². The van der Waals surface area contributed by atoms with Gasteiger partial charge in [0.1, 0.15) is 6.61 Å². The van der Waals surface area contributed by atoms with Crippen molar-refractivity contribution in [2.24, 2.45) is 0 Å². The van der Waals surface area contributed by atoms with Crippen molar-refractivity contribution in [3.05, 3.63) is 16.6 Å². The minimum atomic E-state index is -0.0959. The molecule has 0 aliphatic carbocycles. The standard InChI is InChI=1S/C8H8N2O2S/c9-2-1-7(3-12-6-11)8-4-13-5-10-8/h4-7H,1,3H2. The molecule has 1 aromatic heterocycles. The summed E-state index contributed by atoms with van der Waals surface area (Å²) in [6.07, 6.45) is 0.317. The number of nitriles is 1. The van der Waals surface area contributed by atoms with E-state index in [0.29, 0.717) is 12.9 Å². The highest BCUT2D eigenvalue weighted by atomic mass is 32.1. The van der Waals surface area contributed by atoms with Crippen LogP contribution in [0.4, 0.5) is 0 Å². The second-order valence-electron chi connectivity index (χ2n) is 2.40. The number of nitrogens with zero attached hydrogens (tertiary/aromatic N) is 2. The third kappa shape index (κ3) is 2.84. The molecule has 0 saturated carbocycles. The van der Waals surface area contributed by atoms with E-state index in [1.807, 2.05) is 11.4 Å². The lowest BCUT2D eigenvalue weighted by Gasteiger charge is -2.08. The summed E-state index contributed by atoms with van der Waals surface area (Å²) >= 11 is 1.46. The van der Waals surface area contributed by atoms with Crippen LogP contribution in [0.15, 0.2) is 10.9 Å². The first-order valence-corrected chi connectivity index (χ1v) is 4.63. The summed E-state index contributed by atoms with van der Waals surface area (Å²) in [7, 11) is 0. The van der Waals surface area contributed by atoms with Gasteiger partial charge in [-0.15, -0.1) is 11.3 Å². The van der Waals surface area contributed by atoms with Crippen molar-refractivity contribution in [3.63, 3.8) is 0 Å². The number of carbonyl (C=O) groups is 1. The molecular formula is C8H8N2O2S. The smallest absolute Gasteiger partial charge is 0.293 e. The Labute approximate surface area is 79.8 Å². The second kappa shape index (κ2) is 5.27. The molecule has 0 radical (unpaired) electrons. The van der Waals surface area contributed by atoms with Crippen molar-refractivity contribution in [3.8, 4) is 6.07 Å². The van der Waals surface area contributed by atoms with Crippen molar-refractivity contribution < 1.29 is 9.53 Å². The number of rotatable bonds is 5. The molecule has 0 aliphatic rings. The average Bonchev–Trinajstić information content (AvgIpc) is 2.65. The van der Waals surface area contributed by atoms with Crippen LogP contribution >= 0.6 is 11.3 Å². The van der Waals surface area contributed by atoms with Gasteiger partial charge in [-0.25, -0.2) is 4.98 Å². The molecule has 0 bridgehead atoms. The van der Waals surface area contributed by atoms with Gasteiger partial charge in [-0.3, -0.25) is 4.79 Å². The van der Waals surface area contributed by atoms with Crippen LogP contribution in [0.2, 0.25) is 0 Å². The van der Waals surface area contributed by atoms with E-state index in [4.69, 9.17) is 5.26 Å². The molecular weight excluding hydrogens is 188 g/mol. The Morgan fingerprint density at radius 2 is 2.69 bits per heavy atom. The average molecular weight is 196 g/mol. The third-order valence-electron chi connectivity index (χ3n) is 1.57. The quantitative estimate of drug-likeness (QED) is 0.666. The Hall–Kier alpha value is -1.41. The van der Waals surface area contributed by atoms with Gasteiger partial charge in [0.25, 0.3) is 6.47 Å². The third-order valence-corrected chi connectivity index (χ3v) is 2.18. The summed E-state index contributed by atoms with van der Waals surface area (Å²) in [6, 6.07) is 2.03. The Bertz CT molecular complexity index is 292. The van der Waals surface area contributed by atoms with Gasteiger partial charge in [0.2, 0.25) is 0 Å². The zero-order valence-electron chi connectivity index (χ0n) is 6.84. The van der Waals surface area contributed by atoms with Gasteiger partial charge in [0.05, 0.1) is 17.3 Å². The first-order valence-electron chi connectivity index (χ1n) is 3.68. The van der Waals surface area contributed by atoms with Crippen LogP contribution in [0.25, 0.3) is 0 Å². The molecule has 0 aliphatic heterocycles. The lowest BCUT2D eigenvalue weighted by Crippen LogP contribution is -2.07. The zero-order valence-corrected chi connectivity index (χ0v) is 7.66. The van der Waals surface area contributed by atoms with Gasteiger partial charge < -0.3 is 4.74 Å². The predicted molar refractivity (Wildman–Crippen MR) is 47.1 cm³/mol. The van der Waals surface area contributed by atoms with Crippen LogP contribution in [-0.4, -0.2) is 18.1 Å². The Kier molecular flexibility index (Phi) is 3.93. The number of aromatic nitrogens is 1. The first-order chi connectivity index (χ1) is 6.38. The summed E-state index contributed by atoms with van der Waals surface area (Å²) in [5.74, 6) is -0.0959. The van der Waals surface area contributed by atoms with Crippen LogP contribution in [0.1, 0.15) is 18.0 Å². The van der Waals surface area contributed by atoms with E-state index in [1.165, 1.54) is 11.3 Å². The maximum atomic E-state index is 9.96. The van der Waals surface area contributed by atoms with Gasteiger partial charge in [0, 0.05) is 17.7 Å². The Balaban J connectivity index is 2.58. The molecule has 1 rings (SSSR count). The van der Waals surface area contributed by atoms with Crippen LogP contribution in [0.5, 0.6) is 0 Å². The molecule has 1 heterocycles. The molecule has 68 valence electrons. The molecule has 0 fully saturated rings. The number of carbonyl (C=O) groups excluding carboxylic acids is 1. The summed E-state index contributed by atoms with van der Waals surface area (Å²) < 4.78 is 4.60. The molecule has 1 aromatic rings. The second-order valence-corrected chi connectivity index (χ2v) is 3.12. The van der Waals surface area contributed by atoms with E-state index < -0.39 is 0 Å². The molecule has 5 heteroatoms. The first kappa shape index (κ1) is 9.68. The summed E-state index contributed by atoms with van der Waals surface area (Å²) in [5, 5.41) is 10.4. The topological polar surface area (TPSA) is 63.0 Å². The molecule has 0 spiro atoms. The SMILES string of the molecule is N#CCC(COC=O)c1cscn1. The van der Waals surface area contributed by atoms with Crippen LogP contribution in [0, 0.1) is 11.3 Å². The monoisotopic (exact) mass is 196 g/mol. The number of ether oxygens (including phenoxy) is 1. The normalized spacial score (nSPS) is 11.6. The van der Waals surface area contributed by atoms with E-state index in [-0.39, 0.29) is 12.5 Å². The summed E-state index contributed by atoms with van der Waals surface area (Å²) in [5.41, 5.74) is 2.51. The number of thiazole rings is 1. The highest BCUT2D eigenvalue weighted by Crippen LogP contribution is 2.18. The van der Waals surface area contributed by atoms with Gasteiger partial charge >= 0.3 is 0 Å². The fourth-order valence-corrected chi connectivity index (χ4v) is 1.57. The van der Waals surface area contributed by atoms with E-state index >= 15 is 0 Å². The largest absolute Gasteiger partial charge is 0.467 e. The maximum absolute atomic E-state index is 9.96. The van der Waals surface area contributed by atoms with Crippen molar-refractivity contribution >= 4 is 17.8 Å². The predicted octanol–water partition coefficient (Wildman–Crippen LogP) is 1.31. The lowest BCUT2D eigenvalue weighted by atomic mass is 10.1. The van der Waals surface area contributed by atoms with E-state index in [2.05, 4.69) is 9.72 Å².